The second-order valence-electron chi connectivity index (χ2n) is 7.98. The molecular formula is C23H27FN2. The summed E-state index contributed by atoms with van der Waals surface area (Å²) in [6, 6.07) is 17.2. The molecule has 2 aromatic carbocycles. The molecule has 0 radical (unpaired) electrons. The number of rotatable bonds is 5. The molecule has 3 heteroatoms. The molecule has 0 saturated heterocycles. The predicted molar refractivity (Wildman–Crippen MR) is 108 cm³/mol. The molecule has 26 heavy (non-hydrogen) atoms. The predicted octanol–water partition coefficient (Wildman–Crippen LogP) is 6.01. The minimum Gasteiger partial charge on any atom is -0.359 e. The van der Waals surface area contributed by atoms with Crippen LogP contribution in [0, 0.1) is 11.2 Å². The maximum Gasteiger partial charge on any atom is 0.123 e. The standard InChI is InChI=1S/C23H27FN2/c1-17(13-18-7-5-4-6-8-18)25-21-14-22(16-23(2,3)15-21)26-20-11-9-19(24)10-12-20/h4-12,14,17,26H,13,15-16H2,1-3H3. The molecule has 136 valence electrons. The van der Waals surface area contributed by atoms with Crippen molar-refractivity contribution in [3.8, 4) is 0 Å². The van der Waals surface area contributed by atoms with E-state index >= 15 is 0 Å². The van der Waals surface area contributed by atoms with E-state index < -0.39 is 0 Å². The smallest absolute Gasteiger partial charge is 0.123 e. The lowest BCUT2D eigenvalue weighted by atomic mass is 9.78. The average Bonchev–Trinajstić information content (AvgIpc) is 2.56. The lowest BCUT2D eigenvalue weighted by Crippen LogP contribution is -2.25. The van der Waals surface area contributed by atoms with E-state index in [0.29, 0.717) is 0 Å². The van der Waals surface area contributed by atoms with E-state index in [2.05, 4.69) is 56.4 Å². The molecule has 2 nitrogen and oxygen atoms in total. The lowest BCUT2D eigenvalue weighted by molar-refractivity contribution is 0.373. The number of nitrogens with zero attached hydrogens (tertiary/aromatic N) is 1. The van der Waals surface area contributed by atoms with E-state index in [-0.39, 0.29) is 17.3 Å². The number of aliphatic imine (C=N–C) groups is 1. The third kappa shape index (κ3) is 5.29. The highest BCUT2D eigenvalue weighted by atomic mass is 19.1. The van der Waals surface area contributed by atoms with Crippen LogP contribution in [0.15, 0.2) is 71.4 Å². The van der Waals surface area contributed by atoms with Gasteiger partial charge < -0.3 is 5.32 Å². The van der Waals surface area contributed by atoms with Crippen LogP contribution < -0.4 is 5.32 Å². The van der Waals surface area contributed by atoms with Gasteiger partial charge in [0.25, 0.3) is 0 Å². The highest BCUT2D eigenvalue weighted by Crippen LogP contribution is 2.34. The zero-order valence-corrected chi connectivity index (χ0v) is 15.8. The van der Waals surface area contributed by atoms with Gasteiger partial charge in [0, 0.05) is 17.1 Å². The molecule has 0 heterocycles. The summed E-state index contributed by atoms with van der Waals surface area (Å²) in [7, 11) is 0. The number of anilines is 1. The summed E-state index contributed by atoms with van der Waals surface area (Å²) in [6.07, 6.45) is 5.03. The topological polar surface area (TPSA) is 24.4 Å². The third-order valence-corrected chi connectivity index (χ3v) is 4.58. The van der Waals surface area contributed by atoms with Crippen LogP contribution in [0.5, 0.6) is 0 Å². The van der Waals surface area contributed by atoms with Gasteiger partial charge in [-0.15, -0.1) is 0 Å². The molecule has 1 atom stereocenters. The first-order valence-corrected chi connectivity index (χ1v) is 9.23. The van der Waals surface area contributed by atoms with Crippen molar-refractivity contribution in [2.45, 2.75) is 46.1 Å². The molecule has 0 aliphatic heterocycles. The molecular weight excluding hydrogens is 323 g/mol. The second kappa shape index (κ2) is 7.86. The number of allylic oxidation sites excluding steroid dienone is 2. The fraction of sp³-hybridized carbons (Fsp3) is 0.348. The van der Waals surface area contributed by atoms with Crippen LogP contribution in [0.2, 0.25) is 0 Å². The maximum atomic E-state index is 13.1. The van der Waals surface area contributed by atoms with Crippen molar-refractivity contribution in [1.82, 2.24) is 0 Å². The second-order valence-corrected chi connectivity index (χ2v) is 7.98. The van der Waals surface area contributed by atoms with Gasteiger partial charge in [-0.1, -0.05) is 44.2 Å². The zero-order valence-electron chi connectivity index (χ0n) is 15.8. The van der Waals surface area contributed by atoms with E-state index in [0.717, 1.165) is 36.4 Å². The molecule has 1 aliphatic carbocycles. The fourth-order valence-electron chi connectivity index (χ4n) is 3.54. The Bertz CT molecular complexity index is 789. The summed E-state index contributed by atoms with van der Waals surface area (Å²) in [5, 5.41) is 3.43. The normalized spacial score (nSPS) is 19.1. The Morgan fingerprint density at radius 1 is 1.04 bits per heavy atom. The number of hydrogen-bond acceptors (Lipinski definition) is 2. The molecule has 1 aliphatic rings. The Kier molecular flexibility index (Phi) is 5.55. The van der Waals surface area contributed by atoms with Gasteiger partial charge in [-0.05, 0) is 67.5 Å². The zero-order chi connectivity index (χ0) is 18.6. The maximum absolute atomic E-state index is 13.1. The molecule has 0 spiro atoms. The van der Waals surface area contributed by atoms with Crippen LogP contribution in [0.1, 0.15) is 39.2 Å². The van der Waals surface area contributed by atoms with Crippen LogP contribution in [0.3, 0.4) is 0 Å². The first kappa shape index (κ1) is 18.4. The Balaban J connectivity index is 1.75. The van der Waals surface area contributed by atoms with Crippen molar-refractivity contribution in [3.63, 3.8) is 0 Å². The molecule has 0 amide bonds. The van der Waals surface area contributed by atoms with Crippen molar-refractivity contribution >= 4 is 11.4 Å². The SMILES string of the molecule is CC(Cc1ccccc1)N=C1C=C(Nc2ccc(F)cc2)CC(C)(C)C1. The average molecular weight is 350 g/mol. The molecule has 0 aromatic heterocycles. The molecule has 0 saturated carbocycles. The van der Waals surface area contributed by atoms with E-state index in [1.165, 1.54) is 17.7 Å². The van der Waals surface area contributed by atoms with Gasteiger partial charge in [-0.2, -0.15) is 0 Å². The van der Waals surface area contributed by atoms with Gasteiger partial charge in [0.15, 0.2) is 0 Å². The molecule has 3 rings (SSSR count). The molecule has 2 aromatic rings. The number of benzene rings is 2. The van der Waals surface area contributed by atoms with Gasteiger partial charge in [0.2, 0.25) is 0 Å². The Morgan fingerprint density at radius 2 is 1.73 bits per heavy atom. The van der Waals surface area contributed by atoms with Gasteiger partial charge in [0.1, 0.15) is 5.82 Å². The monoisotopic (exact) mass is 350 g/mol. The summed E-state index contributed by atoms with van der Waals surface area (Å²) >= 11 is 0. The Labute approximate surface area is 155 Å². The van der Waals surface area contributed by atoms with Crippen LogP contribution in [-0.4, -0.2) is 11.8 Å². The van der Waals surface area contributed by atoms with Gasteiger partial charge >= 0.3 is 0 Å². The van der Waals surface area contributed by atoms with Crippen molar-refractivity contribution in [3.05, 3.63) is 77.8 Å². The molecule has 0 fully saturated rings. The van der Waals surface area contributed by atoms with Gasteiger partial charge in [-0.3, -0.25) is 4.99 Å². The highest BCUT2D eigenvalue weighted by molar-refractivity contribution is 5.97. The Morgan fingerprint density at radius 3 is 2.42 bits per heavy atom. The van der Waals surface area contributed by atoms with Crippen molar-refractivity contribution in [2.24, 2.45) is 10.4 Å². The number of halogens is 1. The summed E-state index contributed by atoms with van der Waals surface area (Å²) in [4.78, 5) is 4.97. The van der Waals surface area contributed by atoms with Crippen LogP contribution >= 0.6 is 0 Å². The molecule has 0 bridgehead atoms. The van der Waals surface area contributed by atoms with Crippen LogP contribution in [0.25, 0.3) is 0 Å². The highest BCUT2D eigenvalue weighted by Gasteiger charge is 2.26. The van der Waals surface area contributed by atoms with E-state index in [9.17, 15) is 4.39 Å². The molecule has 1 unspecified atom stereocenters. The minimum absolute atomic E-state index is 0.155. The fourth-order valence-corrected chi connectivity index (χ4v) is 3.54. The number of nitrogens with one attached hydrogen (secondary N) is 1. The summed E-state index contributed by atoms with van der Waals surface area (Å²) in [6.45, 7) is 6.70. The third-order valence-electron chi connectivity index (χ3n) is 4.58. The Hall–Kier alpha value is -2.42. The quantitative estimate of drug-likeness (QED) is 0.701. The lowest BCUT2D eigenvalue weighted by Gasteiger charge is -2.31. The van der Waals surface area contributed by atoms with Gasteiger partial charge in [-0.25, -0.2) is 4.39 Å². The van der Waals surface area contributed by atoms with Crippen LogP contribution in [0.4, 0.5) is 10.1 Å². The van der Waals surface area contributed by atoms with E-state index in [1.807, 2.05) is 6.07 Å². The van der Waals surface area contributed by atoms with Crippen LogP contribution in [-0.2, 0) is 6.42 Å². The molecule has 1 N–H and O–H groups in total. The summed E-state index contributed by atoms with van der Waals surface area (Å²) in [5.41, 5.74) is 4.65. The van der Waals surface area contributed by atoms with Crippen molar-refractivity contribution < 1.29 is 4.39 Å². The summed E-state index contributed by atoms with van der Waals surface area (Å²) in [5.74, 6) is -0.217. The summed E-state index contributed by atoms with van der Waals surface area (Å²) < 4.78 is 13.1. The largest absolute Gasteiger partial charge is 0.359 e. The van der Waals surface area contributed by atoms with Crippen molar-refractivity contribution in [2.75, 3.05) is 5.32 Å². The van der Waals surface area contributed by atoms with E-state index in [1.54, 1.807) is 12.1 Å². The van der Waals surface area contributed by atoms with E-state index in [4.69, 9.17) is 4.99 Å². The first-order chi connectivity index (χ1) is 12.4. The minimum atomic E-state index is -0.217. The van der Waals surface area contributed by atoms with Crippen molar-refractivity contribution in [1.29, 1.82) is 0 Å². The first-order valence-electron chi connectivity index (χ1n) is 9.23. The number of hydrogen-bond donors (Lipinski definition) is 1. The van der Waals surface area contributed by atoms with Gasteiger partial charge in [0.05, 0.1) is 6.04 Å².